The minimum atomic E-state index is -0.700. The van der Waals surface area contributed by atoms with Crippen LogP contribution in [0.1, 0.15) is 109 Å². The van der Waals surface area contributed by atoms with Crippen LogP contribution in [0.25, 0.3) is 0 Å². The lowest BCUT2D eigenvalue weighted by Gasteiger charge is -2.17. The van der Waals surface area contributed by atoms with Crippen molar-refractivity contribution in [2.45, 2.75) is 116 Å². The van der Waals surface area contributed by atoms with E-state index in [1.54, 1.807) is 31.2 Å². The summed E-state index contributed by atoms with van der Waals surface area (Å²) in [6.07, 6.45) is 17.3. The molecule has 182 valence electrons. The number of hydrogen-bond donors (Lipinski definition) is 2. The van der Waals surface area contributed by atoms with Crippen molar-refractivity contribution in [2.24, 2.45) is 0 Å². The molecule has 0 saturated heterocycles. The summed E-state index contributed by atoms with van der Waals surface area (Å²) in [5.41, 5.74) is 0.863. The molecule has 0 bridgehead atoms. The largest absolute Gasteiger partial charge is 0.508 e. The quantitative estimate of drug-likeness (QED) is 0.188. The smallest absolute Gasteiger partial charge is 0.328 e. The Bertz CT molecular complexity index is 615. The molecule has 1 aromatic carbocycles. The first-order valence-corrected chi connectivity index (χ1v) is 12.8. The zero-order chi connectivity index (χ0) is 23.4. The van der Waals surface area contributed by atoms with E-state index in [1.165, 1.54) is 70.6 Å². The van der Waals surface area contributed by atoms with Crippen molar-refractivity contribution in [3.63, 3.8) is 0 Å². The molecule has 32 heavy (non-hydrogen) atoms. The summed E-state index contributed by atoms with van der Waals surface area (Å²) in [5.74, 6) is -0.350. The molecule has 0 aliphatic rings. The molecule has 1 unspecified atom stereocenters. The third-order valence-corrected chi connectivity index (χ3v) is 5.79. The van der Waals surface area contributed by atoms with Gasteiger partial charge in [-0.15, -0.1) is 0 Å². The van der Waals surface area contributed by atoms with Crippen molar-refractivity contribution >= 4 is 11.9 Å². The van der Waals surface area contributed by atoms with Crippen molar-refractivity contribution in [2.75, 3.05) is 6.61 Å². The van der Waals surface area contributed by atoms with E-state index < -0.39 is 12.0 Å². The second-order valence-electron chi connectivity index (χ2n) is 8.74. The van der Waals surface area contributed by atoms with Gasteiger partial charge in [0.1, 0.15) is 11.8 Å². The van der Waals surface area contributed by atoms with Gasteiger partial charge in [0.2, 0.25) is 5.91 Å². The van der Waals surface area contributed by atoms with Gasteiger partial charge in [-0.25, -0.2) is 4.79 Å². The lowest BCUT2D eigenvalue weighted by atomic mass is 10.0. The Kier molecular flexibility index (Phi) is 16.2. The Morgan fingerprint density at radius 3 is 1.81 bits per heavy atom. The van der Waals surface area contributed by atoms with E-state index >= 15 is 0 Å². The summed E-state index contributed by atoms with van der Waals surface area (Å²) in [7, 11) is 0. The van der Waals surface area contributed by atoms with Gasteiger partial charge < -0.3 is 15.2 Å². The molecule has 0 aliphatic heterocycles. The van der Waals surface area contributed by atoms with Crippen LogP contribution >= 0.6 is 0 Å². The predicted octanol–water partition coefficient (Wildman–Crippen LogP) is 6.46. The normalized spacial score (nSPS) is 11.8. The van der Waals surface area contributed by atoms with Crippen LogP contribution in [0.4, 0.5) is 0 Å². The minimum Gasteiger partial charge on any atom is -0.508 e. The number of phenolic OH excluding ortho intramolecular Hbond substituents is 1. The summed E-state index contributed by atoms with van der Waals surface area (Å²) in [4.78, 5) is 24.6. The molecule has 1 atom stereocenters. The summed E-state index contributed by atoms with van der Waals surface area (Å²) in [5, 5.41) is 12.2. The number of esters is 1. The number of benzene rings is 1. The zero-order valence-electron chi connectivity index (χ0n) is 20.4. The third kappa shape index (κ3) is 14.1. The van der Waals surface area contributed by atoms with Gasteiger partial charge in [-0.05, 0) is 31.0 Å². The van der Waals surface area contributed by atoms with E-state index in [-0.39, 0.29) is 18.3 Å². The van der Waals surface area contributed by atoms with Gasteiger partial charge in [-0.3, -0.25) is 4.79 Å². The Hall–Kier alpha value is -2.04. The Labute approximate surface area is 195 Å². The van der Waals surface area contributed by atoms with E-state index in [2.05, 4.69) is 12.2 Å². The summed E-state index contributed by atoms with van der Waals surface area (Å²) < 4.78 is 5.12. The molecule has 1 amide bonds. The Morgan fingerprint density at radius 1 is 0.812 bits per heavy atom. The van der Waals surface area contributed by atoms with Gasteiger partial charge >= 0.3 is 5.97 Å². The summed E-state index contributed by atoms with van der Waals surface area (Å²) in [6.45, 7) is 4.29. The van der Waals surface area contributed by atoms with E-state index in [9.17, 15) is 14.7 Å². The molecular weight excluding hydrogens is 402 g/mol. The van der Waals surface area contributed by atoms with E-state index in [0.29, 0.717) is 12.8 Å². The van der Waals surface area contributed by atoms with Crippen molar-refractivity contribution in [3.8, 4) is 5.75 Å². The van der Waals surface area contributed by atoms with E-state index in [0.717, 1.165) is 18.4 Å². The first-order chi connectivity index (χ1) is 15.6. The molecule has 0 aliphatic carbocycles. The Morgan fingerprint density at radius 2 is 1.31 bits per heavy atom. The molecule has 1 rings (SSSR count). The molecule has 0 radical (unpaired) electrons. The van der Waals surface area contributed by atoms with Crippen molar-refractivity contribution in [1.82, 2.24) is 5.32 Å². The number of nitrogens with one attached hydrogen (secondary N) is 1. The minimum absolute atomic E-state index is 0.107. The van der Waals surface area contributed by atoms with Crippen LogP contribution in [-0.4, -0.2) is 29.6 Å². The van der Waals surface area contributed by atoms with Gasteiger partial charge in [0.15, 0.2) is 0 Å². The number of unbranched alkanes of at least 4 members (excludes halogenated alkanes) is 12. The molecule has 0 fully saturated rings. The monoisotopic (exact) mass is 447 g/mol. The number of carbonyl (C=O) groups is 2. The number of rotatable bonds is 19. The van der Waals surface area contributed by atoms with Gasteiger partial charge in [-0.2, -0.15) is 0 Å². The van der Waals surface area contributed by atoms with Gasteiger partial charge in [0.25, 0.3) is 0 Å². The van der Waals surface area contributed by atoms with Crippen LogP contribution in [0.2, 0.25) is 0 Å². The van der Waals surface area contributed by atoms with Gasteiger partial charge in [0, 0.05) is 12.8 Å². The molecule has 0 aromatic heterocycles. The highest BCUT2D eigenvalue weighted by Crippen LogP contribution is 2.14. The van der Waals surface area contributed by atoms with Gasteiger partial charge in [-0.1, -0.05) is 96.1 Å². The number of carbonyl (C=O) groups excluding carboxylic acids is 2. The lowest BCUT2D eigenvalue weighted by molar-refractivity contribution is -0.147. The summed E-state index contributed by atoms with van der Waals surface area (Å²) >= 11 is 0. The topological polar surface area (TPSA) is 75.6 Å². The number of amides is 1. The third-order valence-electron chi connectivity index (χ3n) is 5.79. The predicted molar refractivity (Wildman–Crippen MR) is 131 cm³/mol. The maximum absolute atomic E-state index is 12.3. The number of ether oxygens (including phenoxy) is 1. The average molecular weight is 448 g/mol. The van der Waals surface area contributed by atoms with Crippen LogP contribution in [-0.2, 0) is 20.7 Å². The van der Waals surface area contributed by atoms with E-state index in [4.69, 9.17) is 4.74 Å². The standard InChI is InChI=1S/C27H45NO4/c1-3-5-6-7-8-9-10-11-12-13-14-15-16-17-26(30)28-25(27(31)32-4-2)22-23-18-20-24(29)21-19-23/h18-21,25,29H,3-17,22H2,1-2H3,(H,28,30). The maximum Gasteiger partial charge on any atom is 0.328 e. The average Bonchev–Trinajstić information content (AvgIpc) is 2.78. The number of phenols is 1. The van der Waals surface area contributed by atoms with Crippen LogP contribution in [0.3, 0.4) is 0 Å². The molecule has 2 N–H and O–H groups in total. The fraction of sp³-hybridized carbons (Fsp3) is 0.704. The fourth-order valence-electron chi connectivity index (χ4n) is 3.87. The van der Waals surface area contributed by atoms with Crippen molar-refractivity contribution < 1.29 is 19.4 Å². The summed E-state index contributed by atoms with van der Waals surface area (Å²) in [6, 6.07) is 5.95. The molecule has 5 nitrogen and oxygen atoms in total. The molecular formula is C27H45NO4. The van der Waals surface area contributed by atoms with Crippen molar-refractivity contribution in [1.29, 1.82) is 0 Å². The van der Waals surface area contributed by atoms with Crippen LogP contribution < -0.4 is 5.32 Å². The number of aromatic hydroxyl groups is 1. The molecule has 0 heterocycles. The zero-order valence-corrected chi connectivity index (χ0v) is 20.4. The Balaban J connectivity index is 2.15. The molecule has 0 saturated carbocycles. The first kappa shape index (κ1) is 28.0. The number of hydrogen-bond acceptors (Lipinski definition) is 4. The second-order valence-corrected chi connectivity index (χ2v) is 8.74. The van der Waals surface area contributed by atoms with Crippen molar-refractivity contribution in [3.05, 3.63) is 29.8 Å². The highest BCUT2D eigenvalue weighted by Gasteiger charge is 2.22. The van der Waals surface area contributed by atoms with E-state index in [1.807, 2.05) is 0 Å². The molecule has 0 spiro atoms. The SMILES string of the molecule is CCCCCCCCCCCCCCCC(=O)NC(Cc1ccc(O)cc1)C(=O)OCC. The van der Waals surface area contributed by atoms with Crippen LogP contribution in [0.15, 0.2) is 24.3 Å². The highest BCUT2D eigenvalue weighted by molar-refractivity contribution is 5.84. The second kappa shape index (κ2) is 18.5. The molecule has 5 heteroatoms. The van der Waals surface area contributed by atoms with Crippen LogP contribution in [0.5, 0.6) is 5.75 Å². The fourth-order valence-corrected chi connectivity index (χ4v) is 3.87. The maximum atomic E-state index is 12.3. The molecule has 1 aromatic rings. The lowest BCUT2D eigenvalue weighted by Crippen LogP contribution is -2.43. The first-order valence-electron chi connectivity index (χ1n) is 12.8. The van der Waals surface area contributed by atoms with Crippen LogP contribution in [0, 0.1) is 0 Å². The highest BCUT2D eigenvalue weighted by atomic mass is 16.5. The van der Waals surface area contributed by atoms with Gasteiger partial charge in [0.05, 0.1) is 6.61 Å².